The highest BCUT2D eigenvalue weighted by molar-refractivity contribution is 5.90. The molecule has 1 aromatic heterocycles. The molecule has 5 nitrogen and oxygen atoms in total. The molecule has 3 aromatic rings. The van der Waals surface area contributed by atoms with Crippen molar-refractivity contribution in [1.29, 1.82) is 0 Å². The summed E-state index contributed by atoms with van der Waals surface area (Å²) in [4.78, 5) is 18.3. The number of benzene rings is 2. The van der Waals surface area contributed by atoms with E-state index < -0.39 is 0 Å². The molecule has 0 fully saturated rings. The minimum atomic E-state index is -0.0604. The SMILES string of the molecule is CN(CCc1ccncc1)c1ccc(NC(=O)CCOc2ccccc2)cc1. The molecule has 3 rings (SSSR count). The van der Waals surface area contributed by atoms with Crippen molar-refractivity contribution in [2.45, 2.75) is 12.8 Å². The summed E-state index contributed by atoms with van der Waals surface area (Å²) in [6.45, 7) is 1.26. The molecule has 0 bridgehead atoms. The number of hydrogen-bond donors (Lipinski definition) is 1. The van der Waals surface area contributed by atoms with Gasteiger partial charge in [-0.1, -0.05) is 18.2 Å². The summed E-state index contributed by atoms with van der Waals surface area (Å²) in [5.41, 5.74) is 3.17. The van der Waals surface area contributed by atoms with Crippen molar-refractivity contribution in [3.8, 4) is 5.75 Å². The summed E-state index contributed by atoms with van der Waals surface area (Å²) in [6, 6.07) is 21.5. The van der Waals surface area contributed by atoms with E-state index >= 15 is 0 Å². The minimum Gasteiger partial charge on any atom is -0.493 e. The molecule has 1 N–H and O–H groups in total. The third-order valence-electron chi connectivity index (χ3n) is 4.42. The van der Waals surface area contributed by atoms with Gasteiger partial charge in [-0.05, 0) is 60.5 Å². The van der Waals surface area contributed by atoms with Crippen LogP contribution < -0.4 is 15.0 Å². The Balaban J connectivity index is 1.42. The maximum atomic E-state index is 12.1. The first-order valence-electron chi connectivity index (χ1n) is 9.38. The average molecular weight is 375 g/mol. The molecule has 1 heterocycles. The number of nitrogens with zero attached hydrogens (tertiary/aromatic N) is 2. The van der Waals surface area contributed by atoms with Gasteiger partial charge in [0.2, 0.25) is 5.91 Å². The van der Waals surface area contributed by atoms with Gasteiger partial charge in [-0.2, -0.15) is 0 Å². The second kappa shape index (κ2) is 10.1. The molecule has 144 valence electrons. The standard InChI is InChI=1S/C23H25N3O2/c1-26(17-13-19-11-15-24-16-12-19)21-9-7-20(8-10-21)25-23(27)14-18-28-22-5-3-2-4-6-22/h2-12,15-16H,13-14,17-18H2,1H3,(H,25,27). The van der Waals surface area contributed by atoms with E-state index in [1.807, 2.05) is 79.1 Å². The number of rotatable bonds is 9. The highest BCUT2D eigenvalue weighted by Crippen LogP contribution is 2.17. The van der Waals surface area contributed by atoms with Gasteiger partial charge in [0, 0.05) is 37.4 Å². The molecule has 0 unspecified atom stereocenters. The van der Waals surface area contributed by atoms with Crippen LogP contribution in [0.2, 0.25) is 0 Å². The van der Waals surface area contributed by atoms with Crippen LogP contribution in [0.15, 0.2) is 79.1 Å². The zero-order valence-electron chi connectivity index (χ0n) is 16.0. The fourth-order valence-electron chi connectivity index (χ4n) is 2.78. The lowest BCUT2D eigenvalue weighted by Crippen LogP contribution is -2.20. The summed E-state index contributed by atoms with van der Waals surface area (Å²) in [5.74, 6) is 0.712. The van der Waals surface area contributed by atoms with E-state index in [-0.39, 0.29) is 5.91 Å². The highest BCUT2D eigenvalue weighted by Gasteiger charge is 2.05. The number of ether oxygens (including phenoxy) is 1. The van der Waals surface area contributed by atoms with Crippen LogP contribution in [0.3, 0.4) is 0 Å². The maximum absolute atomic E-state index is 12.1. The number of carbonyl (C=O) groups is 1. The monoisotopic (exact) mass is 375 g/mol. The Labute approximate surface area is 166 Å². The molecule has 0 spiro atoms. The fourth-order valence-corrected chi connectivity index (χ4v) is 2.78. The van der Waals surface area contributed by atoms with E-state index in [0.29, 0.717) is 13.0 Å². The molecule has 0 aliphatic rings. The Hall–Kier alpha value is -3.34. The van der Waals surface area contributed by atoms with Gasteiger partial charge in [0.25, 0.3) is 0 Å². The summed E-state index contributed by atoms with van der Waals surface area (Å²) in [7, 11) is 2.07. The van der Waals surface area contributed by atoms with Gasteiger partial charge in [-0.25, -0.2) is 0 Å². The lowest BCUT2D eigenvalue weighted by atomic mass is 10.2. The number of para-hydroxylation sites is 1. The van der Waals surface area contributed by atoms with E-state index in [9.17, 15) is 4.79 Å². The Morgan fingerprint density at radius 3 is 2.43 bits per heavy atom. The molecular weight excluding hydrogens is 350 g/mol. The predicted octanol–water partition coefficient (Wildman–Crippen LogP) is 4.17. The first kappa shape index (κ1) is 19.4. The maximum Gasteiger partial charge on any atom is 0.227 e. The fraction of sp³-hybridized carbons (Fsp3) is 0.217. The van der Waals surface area contributed by atoms with Gasteiger partial charge >= 0.3 is 0 Å². The molecule has 0 radical (unpaired) electrons. The first-order valence-corrected chi connectivity index (χ1v) is 9.38. The van der Waals surface area contributed by atoms with E-state index in [1.165, 1.54) is 5.56 Å². The molecule has 0 saturated carbocycles. The minimum absolute atomic E-state index is 0.0604. The van der Waals surface area contributed by atoms with Crippen molar-refractivity contribution in [1.82, 2.24) is 4.98 Å². The lowest BCUT2D eigenvalue weighted by molar-refractivity contribution is -0.116. The van der Waals surface area contributed by atoms with Crippen molar-refractivity contribution in [3.63, 3.8) is 0 Å². The van der Waals surface area contributed by atoms with Crippen molar-refractivity contribution in [2.75, 3.05) is 30.4 Å². The average Bonchev–Trinajstić information content (AvgIpc) is 2.74. The van der Waals surface area contributed by atoms with Crippen LogP contribution in [0.5, 0.6) is 5.75 Å². The van der Waals surface area contributed by atoms with Crippen molar-refractivity contribution < 1.29 is 9.53 Å². The Morgan fingerprint density at radius 2 is 1.71 bits per heavy atom. The third kappa shape index (κ3) is 6.13. The van der Waals surface area contributed by atoms with Crippen LogP contribution in [0.1, 0.15) is 12.0 Å². The largest absolute Gasteiger partial charge is 0.493 e. The molecular formula is C23H25N3O2. The van der Waals surface area contributed by atoms with E-state index in [1.54, 1.807) is 0 Å². The number of carbonyl (C=O) groups excluding carboxylic acids is 1. The van der Waals surface area contributed by atoms with Crippen molar-refractivity contribution in [2.24, 2.45) is 0 Å². The number of aromatic nitrogens is 1. The molecule has 28 heavy (non-hydrogen) atoms. The summed E-state index contributed by atoms with van der Waals surface area (Å²) in [6.07, 6.45) is 4.90. The van der Waals surface area contributed by atoms with Gasteiger partial charge in [-0.15, -0.1) is 0 Å². The van der Waals surface area contributed by atoms with Gasteiger partial charge in [0.1, 0.15) is 5.75 Å². The summed E-state index contributed by atoms with van der Waals surface area (Å²) >= 11 is 0. The Bertz CT molecular complexity index is 852. The predicted molar refractivity (Wildman–Crippen MR) is 113 cm³/mol. The topological polar surface area (TPSA) is 54.5 Å². The zero-order valence-corrected chi connectivity index (χ0v) is 16.0. The number of nitrogens with one attached hydrogen (secondary N) is 1. The van der Waals surface area contributed by atoms with Gasteiger partial charge in [-0.3, -0.25) is 9.78 Å². The number of likely N-dealkylation sites (N-methyl/N-ethyl adjacent to an activating group) is 1. The number of pyridine rings is 1. The molecule has 0 atom stereocenters. The third-order valence-corrected chi connectivity index (χ3v) is 4.42. The normalized spacial score (nSPS) is 10.3. The first-order chi connectivity index (χ1) is 13.7. The lowest BCUT2D eigenvalue weighted by Gasteiger charge is -2.19. The second-order valence-electron chi connectivity index (χ2n) is 6.53. The molecule has 1 amide bonds. The van der Waals surface area contributed by atoms with Crippen LogP contribution in [0, 0.1) is 0 Å². The quantitative estimate of drug-likeness (QED) is 0.610. The number of hydrogen-bond acceptors (Lipinski definition) is 4. The van der Waals surface area contributed by atoms with Crippen LogP contribution >= 0.6 is 0 Å². The summed E-state index contributed by atoms with van der Waals surface area (Å²) in [5, 5.41) is 2.91. The Kier molecular flexibility index (Phi) is 7.01. The van der Waals surface area contributed by atoms with Crippen LogP contribution in [0.4, 0.5) is 11.4 Å². The Morgan fingerprint density at radius 1 is 1.00 bits per heavy atom. The van der Waals surface area contributed by atoms with E-state index in [0.717, 1.165) is 30.1 Å². The number of amides is 1. The molecule has 0 aliphatic heterocycles. The second-order valence-corrected chi connectivity index (χ2v) is 6.53. The van der Waals surface area contributed by atoms with E-state index in [2.05, 4.69) is 22.2 Å². The summed E-state index contributed by atoms with van der Waals surface area (Å²) < 4.78 is 5.56. The van der Waals surface area contributed by atoms with Crippen molar-refractivity contribution in [3.05, 3.63) is 84.7 Å². The van der Waals surface area contributed by atoms with Gasteiger partial charge in [0.15, 0.2) is 0 Å². The van der Waals surface area contributed by atoms with Gasteiger partial charge in [0.05, 0.1) is 13.0 Å². The van der Waals surface area contributed by atoms with Gasteiger partial charge < -0.3 is 15.0 Å². The van der Waals surface area contributed by atoms with E-state index in [4.69, 9.17) is 4.74 Å². The van der Waals surface area contributed by atoms with Crippen LogP contribution in [0.25, 0.3) is 0 Å². The smallest absolute Gasteiger partial charge is 0.227 e. The molecule has 2 aromatic carbocycles. The molecule has 5 heteroatoms. The van der Waals surface area contributed by atoms with Crippen molar-refractivity contribution >= 4 is 17.3 Å². The highest BCUT2D eigenvalue weighted by atomic mass is 16.5. The molecule has 0 aliphatic carbocycles. The zero-order chi connectivity index (χ0) is 19.6. The van der Waals surface area contributed by atoms with Crippen LogP contribution in [-0.2, 0) is 11.2 Å². The van der Waals surface area contributed by atoms with Crippen LogP contribution in [-0.4, -0.2) is 31.1 Å². The number of anilines is 2. The molecule has 0 saturated heterocycles.